The lowest BCUT2D eigenvalue weighted by molar-refractivity contribution is 0.0566. The summed E-state index contributed by atoms with van der Waals surface area (Å²) in [6, 6.07) is 4.09. The molecule has 1 aromatic carbocycles. The molecule has 1 spiro atoms. The monoisotopic (exact) mass is 326 g/mol. The molecule has 22 heavy (non-hydrogen) atoms. The number of benzene rings is 1. The van der Waals surface area contributed by atoms with Crippen LogP contribution in [-0.2, 0) is 14.8 Å². The van der Waals surface area contributed by atoms with Crippen LogP contribution in [0.5, 0.6) is 0 Å². The Morgan fingerprint density at radius 3 is 2.64 bits per heavy atom. The van der Waals surface area contributed by atoms with Crippen LogP contribution >= 0.6 is 0 Å². The number of rotatable bonds is 4. The van der Waals surface area contributed by atoms with Gasteiger partial charge in [-0.25, -0.2) is 18.4 Å². The molecule has 3 rings (SSSR count). The number of hydrogen-bond donors (Lipinski definition) is 3. The average molecular weight is 326 g/mol. The van der Waals surface area contributed by atoms with Crippen LogP contribution in [0.15, 0.2) is 23.1 Å². The van der Waals surface area contributed by atoms with Crippen LogP contribution in [0.4, 0.5) is 5.69 Å². The van der Waals surface area contributed by atoms with E-state index in [2.05, 4.69) is 5.32 Å². The summed E-state index contributed by atoms with van der Waals surface area (Å²) < 4.78 is 28.0. The SMILES string of the molecule is NS(=O)(=O)c1ccc(NC2CC23CCOCC3)c(C(=O)O)c1. The first-order chi connectivity index (χ1) is 10.3. The van der Waals surface area contributed by atoms with E-state index in [1.165, 1.54) is 12.1 Å². The van der Waals surface area contributed by atoms with Crippen molar-refractivity contribution < 1.29 is 23.1 Å². The zero-order valence-electron chi connectivity index (χ0n) is 11.9. The van der Waals surface area contributed by atoms with Gasteiger partial charge in [-0.2, -0.15) is 0 Å². The number of aromatic carboxylic acids is 1. The summed E-state index contributed by atoms with van der Waals surface area (Å²) in [7, 11) is -3.92. The molecule has 1 saturated carbocycles. The predicted octanol–water partition coefficient (Wildman–Crippen LogP) is 1.01. The van der Waals surface area contributed by atoms with E-state index in [4.69, 9.17) is 9.88 Å². The van der Waals surface area contributed by atoms with Crippen LogP contribution in [0.25, 0.3) is 0 Å². The molecule has 8 heteroatoms. The molecule has 7 nitrogen and oxygen atoms in total. The van der Waals surface area contributed by atoms with E-state index in [0.717, 1.165) is 38.5 Å². The molecule has 4 N–H and O–H groups in total. The standard InChI is InChI=1S/C14H18N2O5S/c15-22(19,20)9-1-2-11(10(7-9)13(17)18)16-12-8-14(12)3-5-21-6-4-14/h1-2,7,12,16H,3-6,8H2,(H,17,18)(H2,15,19,20). The summed E-state index contributed by atoms with van der Waals surface area (Å²) in [5.74, 6) is -1.19. The highest BCUT2D eigenvalue weighted by atomic mass is 32.2. The molecule has 0 aromatic heterocycles. The molecule has 1 unspecified atom stereocenters. The van der Waals surface area contributed by atoms with Gasteiger partial charge in [0, 0.05) is 24.9 Å². The van der Waals surface area contributed by atoms with Gasteiger partial charge in [-0.1, -0.05) is 0 Å². The third-order valence-electron chi connectivity index (χ3n) is 4.56. The van der Waals surface area contributed by atoms with Crippen LogP contribution in [0.3, 0.4) is 0 Å². The molecule has 1 heterocycles. The van der Waals surface area contributed by atoms with E-state index in [-0.39, 0.29) is 21.9 Å². The van der Waals surface area contributed by atoms with Gasteiger partial charge in [0.2, 0.25) is 10.0 Å². The van der Waals surface area contributed by atoms with Crippen molar-refractivity contribution in [2.45, 2.75) is 30.2 Å². The molecule has 0 bridgehead atoms. The topological polar surface area (TPSA) is 119 Å². The van der Waals surface area contributed by atoms with Crippen molar-refractivity contribution >= 4 is 21.7 Å². The summed E-state index contributed by atoms with van der Waals surface area (Å²) in [6.07, 6.45) is 2.90. The predicted molar refractivity (Wildman–Crippen MR) is 79.3 cm³/mol. The van der Waals surface area contributed by atoms with Crippen molar-refractivity contribution in [2.75, 3.05) is 18.5 Å². The van der Waals surface area contributed by atoms with Crippen molar-refractivity contribution in [3.63, 3.8) is 0 Å². The highest BCUT2D eigenvalue weighted by Crippen LogP contribution is 2.55. The Hall–Kier alpha value is -1.64. The second kappa shape index (κ2) is 5.22. The molecule has 0 radical (unpaired) electrons. The van der Waals surface area contributed by atoms with Gasteiger partial charge in [0.05, 0.1) is 10.5 Å². The zero-order valence-corrected chi connectivity index (χ0v) is 12.7. The molecule has 1 atom stereocenters. The summed E-state index contributed by atoms with van der Waals surface area (Å²) in [5.41, 5.74) is 0.529. The van der Waals surface area contributed by atoms with Crippen LogP contribution in [0.2, 0.25) is 0 Å². The number of nitrogens with one attached hydrogen (secondary N) is 1. The summed E-state index contributed by atoms with van der Waals surface area (Å²) in [6.45, 7) is 1.46. The first kappa shape index (κ1) is 15.3. The number of carboxylic acids is 1. The molecule has 1 saturated heterocycles. The summed E-state index contributed by atoms with van der Waals surface area (Å²) in [4.78, 5) is 11.2. The van der Waals surface area contributed by atoms with Crippen molar-refractivity contribution in [3.8, 4) is 0 Å². The smallest absolute Gasteiger partial charge is 0.337 e. The van der Waals surface area contributed by atoms with Gasteiger partial charge in [-0.05, 0) is 42.9 Å². The minimum atomic E-state index is -3.92. The van der Waals surface area contributed by atoms with Crippen LogP contribution in [0, 0.1) is 5.41 Å². The Morgan fingerprint density at radius 1 is 1.36 bits per heavy atom. The Kier molecular flexibility index (Phi) is 3.62. The lowest BCUT2D eigenvalue weighted by atomic mass is 9.96. The van der Waals surface area contributed by atoms with E-state index in [1.807, 2.05) is 0 Å². The second-order valence-electron chi connectivity index (χ2n) is 5.93. The van der Waals surface area contributed by atoms with Crippen molar-refractivity contribution in [1.29, 1.82) is 0 Å². The zero-order chi connectivity index (χ0) is 16.0. The molecular weight excluding hydrogens is 308 g/mol. The van der Waals surface area contributed by atoms with Gasteiger partial charge >= 0.3 is 5.97 Å². The lowest BCUT2D eigenvalue weighted by Crippen LogP contribution is -2.23. The maximum atomic E-state index is 11.4. The Morgan fingerprint density at radius 2 is 2.05 bits per heavy atom. The first-order valence-corrected chi connectivity index (χ1v) is 8.61. The number of carboxylic acid groups (broad SMARTS) is 1. The van der Waals surface area contributed by atoms with Gasteiger partial charge in [-0.3, -0.25) is 0 Å². The largest absolute Gasteiger partial charge is 0.478 e. The van der Waals surface area contributed by atoms with E-state index in [1.54, 1.807) is 0 Å². The number of nitrogens with two attached hydrogens (primary N) is 1. The number of carbonyl (C=O) groups is 1. The van der Waals surface area contributed by atoms with E-state index >= 15 is 0 Å². The van der Waals surface area contributed by atoms with Crippen LogP contribution in [0.1, 0.15) is 29.6 Å². The maximum Gasteiger partial charge on any atom is 0.337 e. The summed E-state index contributed by atoms with van der Waals surface area (Å²) >= 11 is 0. The number of primary sulfonamides is 1. The molecule has 1 aliphatic heterocycles. The normalized spacial score (nSPS) is 23.2. The van der Waals surface area contributed by atoms with Gasteiger partial charge < -0.3 is 15.2 Å². The molecule has 2 fully saturated rings. The summed E-state index contributed by atoms with van der Waals surface area (Å²) in [5, 5.41) is 17.6. The lowest BCUT2D eigenvalue weighted by Gasteiger charge is -2.23. The Bertz CT molecular complexity index is 710. The van der Waals surface area contributed by atoms with E-state index in [0.29, 0.717) is 5.69 Å². The van der Waals surface area contributed by atoms with Gasteiger partial charge in [0.25, 0.3) is 0 Å². The van der Waals surface area contributed by atoms with Gasteiger partial charge in [0.15, 0.2) is 0 Å². The highest BCUT2D eigenvalue weighted by molar-refractivity contribution is 7.89. The minimum absolute atomic E-state index is 0.0827. The third-order valence-corrected chi connectivity index (χ3v) is 5.47. The molecule has 2 aliphatic rings. The number of ether oxygens (including phenoxy) is 1. The molecular formula is C14H18N2O5S. The van der Waals surface area contributed by atoms with Gasteiger partial charge in [0.1, 0.15) is 0 Å². The Labute approximate surface area is 128 Å². The fourth-order valence-electron chi connectivity index (χ4n) is 3.07. The number of hydrogen-bond acceptors (Lipinski definition) is 5. The van der Waals surface area contributed by atoms with Crippen molar-refractivity contribution in [2.24, 2.45) is 10.6 Å². The minimum Gasteiger partial charge on any atom is -0.478 e. The molecule has 1 aliphatic carbocycles. The fraction of sp³-hybridized carbons (Fsp3) is 0.500. The van der Waals surface area contributed by atoms with Crippen LogP contribution in [-0.4, -0.2) is 38.7 Å². The molecule has 120 valence electrons. The first-order valence-electron chi connectivity index (χ1n) is 7.06. The number of sulfonamides is 1. The third kappa shape index (κ3) is 2.81. The quantitative estimate of drug-likeness (QED) is 0.760. The van der Waals surface area contributed by atoms with E-state index < -0.39 is 16.0 Å². The number of anilines is 1. The van der Waals surface area contributed by atoms with Crippen molar-refractivity contribution in [1.82, 2.24) is 0 Å². The van der Waals surface area contributed by atoms with Gasteiger partial charge in [-0.15, -0.1) is 0 Å². The molecule has 1 aromatic rings. The van der Waals surface area contributed by atoms with Crippen LogP contribution < -0.4 is 10.5 Å². The molecule has 0 amide bonds. The highest BCUT2D eigenvalue weighted by Gasteiger charge is 2.54. The fourth-order valence-corrected chi connectivity index (χ4v) is 3.61. The van der Waals surface area contributed by atoms with Crippen molar-refractivity contribution in [3.05, 3.63) is 23.8 Å². The maximum absolute atomic E-state index is 11.4. The average Bonchev–Trinajstić information content (AvgIpc) is 3.10. The van der Waals surface area contributed by atoms with E-state index in [9.17, 15) is 18.3 Å². The Balaban J connectivity index is 1.84. The second-order valence-corrected chi connectivity index (χ2v) is 7.49.